The molecule has 1 aliphatic heterocycles. The minimum atomic E-state index is -4.59. The highest BCUT2D eigenvalue weighted by molar-refractivity contribution is 5.38. The Morgan fingerprint density at radius 3 is 2.40 bits per heavy atom. The molecule has 0 amide bonds. The highest BCUT2D eigenvalue weighted by Crippen LogP contribution is 2.51. The quantitative estimate of drug-likeness (QED) is 0.800. The van der Waals surface area contributed by atoms with E-state index in [0.717, 1.165) is 19.1 Å². The van der Waals surface area contributed by atoms with Gasteiger partial charge in [-0.05, 0) is 13.0 Å². The predicted octanol–water partition coefficient (Wildman–Crippen LogP) is 3.74. The number of hydrogen-bond acceptors (Lipinski definition) is 2. The number of halogens is 5. The number of benzene rings is 1. The number of aromatic hydroxyl groups is 1. The fraction of sp³-hybridized carbons (Fsp3) is 0.538. The van der Waals surface area contributed by atoms with Crippen molar-refractivity contribution in [2.24, 2.45) is 5.92 Å². The number of phenolic OH excluding ortho intramolecular Hbond substituents is 1. The Morgan fingerprint density at radius 1 is 1.30 bits per heavy atom. The molecule has 0 bridgehead atoms. The molecule has 0 radical (unpaired) electrons. The van der Waals surface area contributed by atoms with Crippen LogP contribution in [0.25, 0.3) is 0 Å². The molecule has 1 aromatic carbocycles. The van der Waals surface area contributed by atoms with Crippen LogP contribution < -0.4 is 0 Å². The number of hydrogen-bond donors (Lipinski definition) is 1. The summed E-state index contributed by atoms with van der Waals surface area (Å²) in [6, 6.07) is 1.86. The Labute approximate surface area is 112 Å². The lowest BCUT2D eigenvalue weighted by atomic mass is 9.79. The van der Waals surface area contributed by atoms with Crippen molar-refractivity contribution in [2.45, 2.75) is 31.5 Å². The van der Waals surface area contributed by atoms with E-state index >= 15 is 0 Å². The van der Waals surface area contributed by atoms with E-state index in [0.29, 0.717) is 0 Å². The molecule has 1 aliphatic rings. The molecule has 2 nitrogen and oxygen atoms in total. The van der Waals surface area contributed by atoms with Crippen molar-refractivity contribution >= 4 is 0 Å². The zero-order chi connectivity index (χ0) is 15.3. The monoisotopic (exact) mass is 296 g/mol. The van der Waals surface area contributed by atoms with Crippen molar-refractivity contribution in [2.75, 3.05) is 6.61 Å². The Balaban J connectivity index is 2.40. The van der Waals surface area contributed by atoms with Gasteiger partial charge in [0.1, 0.15) is 0 Å². The maximum atomic E-state index is 13.3. The largest absolute Gasteiger partial charge is 0.505 e. The molecule has 1 N–H and O–H groups in total. The molecule has 112 valence electrons. The summed E-state index contributed by atoms with van der Waals surface area (Å²) in [5, 5.41) is 9.58. The average Bonchev–Trinajstić information content (AvgIpc) is 2.65. The molecule has 0 saturated carbocycles. The molecule has 0 aliphatic carbocycles. The maximum absolute atomic E-state index is 13.3. The van der Waals surface area contributed by atoms with Crippen LogP contribution in [0.5, 0.6) is 5.75 Å². The second-order valence-electron chi connectivity index (χ2n) is 5.11. The van der Waals surface area contributed by atoms with Crippen molar-refractivity contribution in [3.63, 3.8) is 0 Å². The minimum absolute atomic E-state index is 0.0793. The molecule has 1 fully saturated rings. The van der Waals surface area contributed by atoms with Crippen LogP contribution in [0.4, 0.5) is 22.0 Å². The first-order valence-corrected chi connectivity index (χ1v) is 5.97. The smallest absolute Gasteiger partial charge is 0.417 e. The lowest BCUT2D eigenvalue weighted by molar-refractivity contribution is -0.266. The van der Waals surface area contributed by atoms with Crippen LogP contribution in [0.15, 0.2) is 12.1 Å². The Hall–Kier alpha value is -1.37. The first-order valence-electron chi connectivity index (χ1n) is 5.97. The van der Waals surface area contributed by atoms with Crippen LogP contribution in [0, 0.1) is 17.6 Å². The average molecular weight is 296 g/mol. The van der Waals surface area contributed by atoms with Gasteiger partial charge in [0.2, 0.25) is 5.82 Å². The molecule has 0 aromatic heterocycles. The van der Waals surface area contributed by atoms with Gasteiger partial charge in [-0.15, -0.1) is 0 Å². The van der Waals surface area contributed by atoms with Crippen LogP contribution in [-0.4, -0.2) is 23.5 Å². The van der Waals surface area contributed by atoms with Gasteiger partial charge in [0.15, 0.2) is 17.2 Å². The third kappa shape index (κ3) is 2.04. The molecular formula is C13H13F5O2. The van der Waals surface area contributed by atoms with E-state index in [4.69, 9.17) is 4.74 Å². The second-order valence-corrected chi connectivity index (χ2v) is 5.11. The maximum Gasteiger partial charge on any atom is 0.417 e. The van der Waals surface area contributed by atoms with Crippen molar-refractivity contribution in [1.82, 2.24) is 0 Å². The SMILES string of the molecule is C[C@H]1[C@@H](c2ccc(F)c(F)c2O)CO[C@@]1(C)C(F)(F)F. The Kier molecular flexibility index (Phi) is 3.44. The van der Waals surface area contributed by atoms with Gasteiger partial charge in [-0.1, -0.05) is 13.0 Å². The summed E-state index contributed by atoms with van der Waals surface area (Å²) in [5.41, 5.74) is -2.46. The fourth-order valence-corrected chi connectivity index (χ4v) is 2.48. The minimum Gasteiger partial charge on any atom is -0.505 e. The van der Waals surface area contributed by atoms with Gasteiger partial charge in [0.25, 0.3) is 0 Å². The molecular weight excluding hydrogens is 283 g/mol. The summed E-state index contributed by atoms with van der Waals surface area (Å²) >= 11 is 0. The van der Waals surface area contributed by atoms with E-state index in [-0.39, 0.29) is 12.2 Å². The zero-order valence-electron chi connectivity index (χ0n) is 10.8. The van der Waals surface area contributed by atoms with Crippen molar-refractivity contribution < 1.29 is 31.8 Å². The van der Waals surface area contributed by atoms with Gasteiger partial charge < -0.3 is 9.84 Å². The third-order valence-electron chi connectivity index (χ3n) is 4.10. The van der Waals surface area contributed by atoms with E-state index in [2.05, 4.69) is 0 Å². The molecule has 2 rings (SSSR count). The lowest BCUT2D eigenvalue weighted by Gasteiger charge is -2.32. The van der Waals surface area contributed by atoms with Gasteiger partial charge in [0, 0.05) is 17.4 Å². The van der Waals surface area contributed by atoms with Crippen molar-refractivity contribution in [3.8, 4) is 5.75 Å². The topological polar surface area (TPSA) is 29.5 Å². The summed E-state index contributed by atoms with van der Waals surface area (Å²) in [4.78, 5) is 0. The van der Waals surface area contributed by atoms with Crippen LogP contribution in [0.2, 0.25) is 0 Å². The number of rotatable bonds is 1. The van der Waals surface area contributed by atoms with Crippen LogP contribution >= 0.6 is 0 Å². The Morgan fingerprint density at radius 2 is 1.90 bits per heavy atom. The molecule has 1 saturated heterocycles. The molecule has 0 unspecified atom stereocenters. The summed E-state index contributed by atoms with van der Waals surface area (Å²) in [5.74, 6) is -5.58. The van der Waals surface area contributed by atoms with Crippen molar-refractivity contribution in [3.05, 3.63) is 29.3 Å². The first kappa shape index (κ1) is 15.0. The number of alkyl halides is 3. The fourth-order valence-electron chi connectivity index (χ4n) is 2.48. The van der Waals surface area contributed by atoms with E-state index in [1.54, 1.807) is 0 Å². The standard InChI is InChI=1S/C13H13F5O2/c1-6-8(5-20-12(6,2)13(16,17)18)7-3-4-9(14)10(15)11(7)19/h3-4,6,8,19H,5H2,1-2H3/t6-,8-,12+/m0/s1. The number of phenols is 1. The molecule has 3 atom stereocenters. The second kappa shape index (κ2) is 4.58. The Bertz CT molecular complexity index is 528. The van der Waals surface area contributed by atoms with Crippen LogP contribution in [0.1, 0.15) is 25.3 Å². The van der Waals surface area contributed by atoms with Gasteiger partial charge in [-0.25, -0.2) is 4.39 Å². The summed E-state index contributed by atoms with van der Waals surface area (Å²) in [7, 11) is 0. The normalized spacial score (nSPS) is 30.8. The highest BCUT2D eigenvalue weighted by atomic mass is 19.4. The zero-order valence-corrected chi connectivity index (χ0v) is 10.8. The van der Waals surface area contributed by atoms with Crippen LogP contribution in [-0.2, 0) is 4.74 Å². The first-order chi connectivity index (χ1) is 9.09. The van der Waals surface area contributed by atoms with E-state index in [1.165, 1.54) is 6.92 Å². The molecule has 0 spiro atoms. The molecule has 7 heteroatoms. The van der Waals surface area contributed by atoms with Gasteiger partial charge in [-0.2, -0.15) is 17.6 Å². The molecule has 20 heavy (non-hydrogen) atoms. The van der Waals surface area contributed by atoms with Gasteiger partial charge >= 0.3 is 6.18 Å². The van der Waals surface area contributed by atoms with Gasteiger partial charge in [-0.3, -0.25) is 0 Å². The summed E-state index contributed by atoms with van der Waals surface area (Å²) in [6.07, 6.45) is -4.59. The van der Waals surface area contributed by atoms with Gasteiger partial charge in [0.05, 0.1) is 6.61 Å². The lowest BCUT2D eigenvalue weighted by Crippen LogP contribution is -2.46. The number of ether oxygens (including phenoxy) is 1. The van der Waals surface area contributed by atoms with E-state index < -0.39 is 41.0 Å². The molecule has 1 aromatic rings. The molecule has 1 heterocycles. The van der Waals surface area contributed by atoms with Crippen molar-refractivity contribution in [1.29, 1.82) is 0 Å². The summed E-state index contributed by atoms with van der Waals surface area (Å²) < 4.78 is 70.1. The summed E-state index contributed by atoms with van der Waals surface area (Å²) in [6.45, 7) is 1.90. The van der Waals surface area contributed by atoms with E-state index in [1.807, 2.05) is 0 Å². The highest BCUT2D eigenvalue weighted by Gasteiger charge is 2.61. The third-order valence-corrected chi connectivity index (χ3v) is 4.10. The van der Waals surface area contributed by atoms with E-state index in [9.17, 15) is 27.1 Å². The predicted molar refractivity (Wildman–Crippen MR) is 60.3 cm³/mol. The van der Waals surface area contributed by atoms with Crippen LogP contribution in [0.3, 0.4) is 0 Å².